The summed E-state index contributed by atoms with van der Waals surface area (Å²) >= 11 is 0. The van der Waals surface area contributed by atoms with Gasteiger partial charge in [0.2, 0.25) is 5.91 Å². The zero-order chi connectivity index (χ0) is 13.0. The van der Waals surface area contributed by atoms with Crippen LogP contribution < -0.4 is 5.32 Å². The molecule has 1 fully saturated rings. The molecule has 1 aromatic rings. The van der Waals surface area contributed by atoms with E-state index >= 15 is 0 Å². The first-order chi connectivity index (χ1) is 8.55. The highest BCUT2D eigenvalue weighted by atomic mass is 32.2. The van der Waals surface area contributed by atoms with E-state index in [1.54, 1.807) is 18.4 Å². The molecule has 1 aliphatic rings. The highest BCUT2D eigenvalue weighted by molar-refractivity contribution is 7.91. The number of nitrogens with one attached hydrogen (secondary N) is 1. The summed E-state index contributed by atoms with van der Waals surface area (Å²) in [4.78, 5) is 11.7. The van der Waals surface area contributed by atoms with Crippen LogP contribution in [-0.2, 0) is 21.2 Å². The first-order valence-electron chi connectivity index (χ1n) is 6.05. The summed E-state index contributed by atoms with van der Waals surface area (Å²) in [5, 5.41) is 2.77. The van der Waals surface area contributed by atoms with Crippen molar-refractivity contribution in [2.24, 2.45) is 5.92 Å². The second-order valence-corrected chi connectivity index (χ2v) is 6.96. The van der Waals surface area contributed by atoms with Gasteiger partial charge in [-0.1, -0.05) is 0 Å². The van der Waals surface area contributed by atoms with Crippen molar-refractivity contribution in [2.45, 2.75) is 25.8 Å². The highest BCUT2D eigenvalue weighted by Crippen LogP contribution is 2.21. The summed E-state index contributed by atoms with van der Waals surface area (Å²) in [6, 6.07) is 3.57. The number of carbonyl (C=O) groups excluding carboxylic acids is 1. The summed E-state index contributed by atoms with van der Waals surface area (Å²) in [5.74, 6) is 1.28. The van der Waals surface area contributed by atoms with Gasteiger partial charge in [0.15, 0.2) is 0 Å². The quantitative estimate of drug-likeness (QED) is 0.890. The number of amides is 1. The molecule has 1 saturated heterocycles. The van der Waals surface area contributed by atoms with E-state index in [1.807, 2.05) is 0 Å². The van der Waals surface area contributed by atoms with Crippen LogP contribution in [0.3, 0.4) is 0 Å². The highest BCUT2D eigenvalue weighted by Gasteiger charge is 2.25. The Morgan fingerprint density at radius 2 is 2.11 bits per heavy atom. The van der Waals surface area contributed by atoms with Gasteiger partial charge in [-0.25, -0.2) is 8.42 Å². The second kappa shape index (κ2) is 5.56. The van der Waals surface area contributed by atoms with Crippen molar-refractivity contribution in [3.05, 3.63) is 24.2 Å². The molecule has 1 aromatic heterocycles. The third kappa shape index (κ3) is 3.87. The minimum atomic E-state index is -2.85. The van der Waals surface area contributed by atoms with E-state index in [9.17, 15) is 13.2 Å². The largest absolute Gasteiger partial charge is 0.467 e. The van der Waals surface area contributed by atoms with Gasteiger partial charge in [0, 0.05) is 6.42 Å². The lowest BCUT2D eigenvalue weighted by Crippen LogP contribution is -2.29. The Balaban J connectivity index is 1.72. The fourth-order valence-electron chi connectivity index (χ4n) is 2.08. The van der Waals surface area contributed by atoms with Crippen molar-refractivity contribution in [3.63, 3.8) is 0 Å². The molecule has 5 nitrogen and oxygen atoms in total. The molecule has 0 spiro atoms. The van der Waals surface area contributed by atoms with E-state index < -0.39 is 9.84 Å². The molecule has 0 atom stereocenters. The van der Waals surface area contributed by atoms with Gasteiger partial charge >= 0.3 is 0 Å². The number of hydrogen-bond donors (Lipinski definition) is 1. The normalized spacial score (nSPS) is 19.6. The van der Waals surface area contributed by atoms with Crippen LogP contribution in [0, 0.1) is 5.92 Å². The fourth-order valence-corrected chi connectivity index (χ4v) is 3.67. The van der Waals surface area contributed by atoms with Crippen LogP contribution in [-0.4, -0.2) is 25.8 Å². The van der Waals surface area contributed by atoms with Gasteiger partial charge in [0.05, 0.1) is 24.3 Å². The molecular weight excluding hydrogens is 254 g/mol. The molecule has 1 aliphatic heterocycles. The van der Waals surface area contributed by atoms with Crippen molar-refractivity contribution in [1.29, 1.82) is 0 Å². The van der Waals surface area contributed by atoms with Crippen molar-refractivity contribution < 1.29 is 17.6 Å². The second-order valence-electron chi connectivity index (χ2n) is 4.66. The van der Waals surface area contributed by atoms with Gasteiger partial charge in [0.25, 0.3) is 0 Å². The molecule has 0 saturated carbocycles. The Hall–Kier alpha value is -1.30. The molecule has 2 heterocycles. The van der Waals surface area contributed by atoms with Crippen molar-refractivity contribution in [3.8, 4) is 0 Å². The number of sulfone groups is 1. The third-order valence-electron chi connectivity index (χ3n) is 3.19. The maximum Gasteiger partial charge on any atom is 0.220 e. The lowest BCUT2D eigenvalue weighted by atomic mass is 9.98. The molecule has 0 bridgehead atoms. The van der Waals surface area contributed by atoms with E-state index in [-0.39, 0.29) is 23.3 Å². The summed E-state index contributed by atoms with van der Waals surface area (Å²) in [6.45, 7) is 0.386. The van der Waals surface area contributed by atoms with Gasteiger partial charge in [-0.05, 0) is 30.9 Å². The topological polar surface area (TPSA) is 76.4 Å². The zero-order valence-corrected chi connectivity index (χ0v) is 10.9. The predicted molar refractivity (Wildman–Crippen MR) is 66.5 cm³/mol. The number of furan rings is 1. The molecule has 0 radical (unpaired) electrons. The van der Waals surface area contributed by atoms with E-state index in [1.165, 1.54) is 0 Å². The standard InChI is InChI=1S/C12H17NO4S/c14-12(13-9-11-2-1-5-17-11)8-10-3-6-18(15,16)7-4-10/h1-2,5,10H,3-4,6-9H2,(H,13,14). The monoisotopic (exact) mass is 271 g/mol. The molecule has 1 amide bonds. The van der Waals surface area contributed by atoms with E-state index in [2.05, 4.69) is 5.32 Å². The Bertz CT molecular complexity index is 478. The lowest BCUT2D eigenvalue weighted by molar-refractivity contribution is -0.122. The van der Waals surface area contributed by atoms with Crippen LogP contribution in [0.15, 0.2) is 22.8 Å². The molecule has 2 rings (SSSR count). The SMILES string of the molecule is O=C(CC1CCS(=O)(=O)CC1)NCc1ccco1. The smallest absolute Gasteiger partial charge is 0.220 e. The zero-order valence-electron chi connectivity index (χ0n) is 10.1. The van der Waals surface area contributed by atoms with E-state index in [0.717, 1.165) is 5.76 Å². The van der Waals surface area contributed by atoms with Crippen molar-refractivity contribution >= 4 is 15.7 Å². The molecule has 18 heavy (non-hydrogen) atoms. The van der Waals surface area contributed by atoms with Gasteiger partial charge < -0.3 is 9.73 Å². The van der Waals surface area contributed by atoms with Crippen LogP contribution in [0.5, 0.6) is 0 Å². The maximum absolute atomic E-state index is 11.7. The summed E-state index contributed by atoms with van der Waals surface area (Å²) < 4.78 is 27.6. The minimum Gasteiger partial charge on any atom is -0.467 e. The molecule has 100 valence electrons. The third-order valence-corrected chi connectivity index (χ3v) is 4.90. The fraction of sp³-hybridized carbons (Fsp3) is 0.583. The van der Waals surface area contributed by atoms with Crippen LogP contribution in [0.2, 0.25) is 0 Å². The summed E-state index contributed by atoms with van der Waals surface area (Å²) in [7, 11) is -2.85. The number of carbonyl (C=O) groups is 1. The Labute approximate surface area is 106 Å². The Morgan fingerprint density at radius 3 is 2.72 bits per heavy atom. The van der Waals surface area contributed by atoms with Gasteiger partial charge in [-0.3, -0.25) is 4.79 Å². The molecular formula is C12H17NO4S. The van der Waals surface area contributed by atoms with Crippen LogP contribution in [0.1, 0.15) is 25.0 Å². The molecule has 6 heteroatoms. The van der Waals surface area contributed by atoms with Crippen LogP contribution in [0.25, 0.3) is 0 Å². The first kappa shape index (κ1) is 13.1. The van der Waals surface area contributed by atoms with Crippen molar-refractivity contribution in [1.82, 2.24) is 5.32 Å². The minimum absolute atomic E-state index is 0.0457. The van der Waals surface area contributed by atoms with Gasteiger partial charge in [-0.2, -0.15) is 0 Å². The Morgan fingerprint density at radius 1 is 1.39 bits per heavy atom. The molecule has 0 aromatic carbocycles. The van der Waals surface area contributed by atoms with Crippen LogP contribution in [0.4, 0.5) is 0 Å². The van der Waals surface area contributed by atoms with Gasteiger partial charge in [-0.15, -0.1) is 0 Å². The molecule has 0 unspecified atom stereocenters. The average molecular weight is 271 g/mol. The molecule has 0 aliphatic carbocycles. The van der Waals surface area contributed by atoms with Crippen LogP contribution >= 0.6 is 0 Å². The number of rotatable bonds is 4. The first-order valence-corrected chi connectivity index (χ1v) is 7.87. The average Bonchev–Trinajstić information content (AvgIpc) is 2.82. The molecule has 1 N–H and O–H groups in total. The Kier molecular flexibility index (Phi) is 4.06. The van der Waals surface area contributed by atoms with E-state index in [0.29, 0.717) is 25.8 Å². The van der Waals surface area contributed by atoms with Gasteiger partial charge in [0.1, 0.15) is 15.6 Å². The summed E-state index contributed by atoms with van der Waals surface area (Å²) in [6.07, 6.45) is 3.15. The van der Waals surface area contributed by atoms with E-state index in [4.69, 9.17) is 4.42 Å². The summed E-state index contributed by atoms with van der Waals surface area (Å²) in [5.41, 5.74) is 0. The maximum atomic E-state index is 11.7. The lowest BCUT2D eigenvalue weighted by Gasteiger charge is -2.21. The number of hydrogen-bond acceptors (Lipinski definition) is 4. The predicted octanol–water partition coefficient (Wildman–Crippen LogP) is 1.11. The van der Waals surface area contributed by atoms with Crippen molar-refractivity contribution in [2.75, 3.05) is 11.5 Å².